The van der Waals surface area contributed by atoms with Gasteiger partial charge in [-0.15, -0.1) is 11.3 Å². The van der Waals surface area contributed by atoms with E-state index in [1.165, 1.54) is 0 Å². The summed E-state index contributed by atoms with van der Waals surface area (Å²) in [7, 11) is 0. The molecule has 1 N–H and O–H groups in total. The Balaban J connectivity index is 1.28. The van der Waals surface area contributed by atoms with Crippen LogP contribution in [0.25, 0.3) is 21.0 Å². The molecule has 2 aromatic heterocycles. The van der Waals surface area contributed by atoms with Crippen molar-refractivity contribution in [3.05, 3.63) is 72.0 Å². The van der Waals surface area contributed by atoms with Crippen LogP contribution in [0, 0.1) is 0 Å². The van der Waals surface area contributed by atoms with Crippen molar-refractivity contribution in [2.45, 2.75) is 26.3 Å². The number of nitrogens with zero attached hydrogens (tertiary/aromatic N) is 1. The van der Waals surface area contributed by atoms with Crippen molar-refractivity contribution in [2.24, 2.45) is 0 Å². The first kappa shape index (κ1) is 19.2. The summed E-state index contributed by atoms with van der Waals surface area (Å²) in [5, 5.41) is 3.76. The van der Waals surface area contributed by atoms with Crippen LogP contribution in [0.5, 0.6) is 5.75 Å². The second-order valence-corrected chi connectivity index (χ2v) is 7.64. The lowest BCUT2D eigenvalue weighted by Crippen LogP contribution is -2.22. The summed E-state index contributed by atoms with van der Waals surface area (Å²) in [5.74, 6) is 2.29. The van der Waals surface area contributed by atoms with Crippen LogP contribution in [0.1, 0.15) is 24.7 Å². The minimum Gasteiger partial charge on any atom is -0.494 e. The molecule has 4 aromatic rings. The number of nitrogens with one attached hydrogen (secondary N) is 1. The molecular weight excluding hydrogens is 384 g/mol. The summed E-state index contributed by atoms with van der Waals surface area (Å²) >= 11 is 1.60. The number of amides is 1. The molecule has 0 spiro atoms. The van der Waals surface area contributed by atoms with Crippen molar-refractivity contribution in [3.63, 3.8) is 0 Å². The fourth-order valence-corrected chi connectivity index (χ4v) is 3.94. The maximum atomic E-state index is 12.2. The molecular formula is C23H22N2O3S. The number of rotatable bonds is 8. The molecule has 0 unspecified atom stereocenters. The molecule has 0 atom stereocenters. The van der Waals surface area contributed by atoms with E-state index in [0.717, 1.165) is 32.3 Å². The van der Waals surface area contributed by atoms with Crippen LogP contribution in [0.4, 0.5) is 0 Å². The van der Waals surface area contributed by atoms with Gasteiger partial charge in [-0.1, -0.05) is 24.3 Å². The van der Waals surface area contributed by atoms with Gasteiger partial charge in [-0.05, 0) is 55.3 Å². The molecule has 5 nitrogen and oxygen atoms in total. The number of carbonyl (C=O) groups excluding carboxylic acids is 1. The molecule has 0 fully saturated rings. The smallest absolute Gasteiger partial charge is 0.220 e. The van der Waals surface area contributed by atoms with E-state index < -0.39 is 0 Å². The number of ether oxygens (including phenoxy) is 1. The maximum Gasteiger partial charge on any atom is 0.220 e. The number of hydrogen-bond acceptors (Lipinski definition) is 5. The molecule has 148 valence electrons. The van der Waals surface area contributed by atoms with Gasteiger partial charge >= 0.3 is 0 Å². The van der Waals surface area contributed by atoms with Crippen molar-refractivity contribution < 1.29 is 13.9 Å². The van der Waals surface area contributed by atoms with Crippen LogP contribution in [-0.4, -0.2) is 17.5 Å². The molecule has 0 radical (unpaired) electrons. The van der Waals surface area contributed by atoms with Gasteiger partial charge in [-0.3, -0.25) is 4.79 Å². The zero-order valence-corrected chi connectivity index (χ0v) is 17.0. The Morgan fingerprint density at radius 2 is 1.93 bits per heavy atom. The van der Waals surface area contributed by atoms with E-state index in [9.17, 15) is 4.79 Å². The van der Waals surface area contributed by atoms with Gasteiger partial charge in [0.05, 0.1) is 23.4 Å². The number of fused-ring (bicyclic) bond motifs is 1. The fraction of sp³-hybridized carbons (Fsp3) is 0.217. The van der Waals surface area contributed by atoms with E-state index in [4.69, 9.17) is 9.15 Å². The largest absolute Gasteiger partial charge is 0.494 e. The highest BCUT2D eigenvalue weighted by atomic mass is 32.1. The highest BCUT2D eigenvalue weighted by Crippen LogP contribution is 2.31. The van der Waals surface area contributed by atoms with Gasteiger partial charge in [0.1, 0.15) is 11.5 Å². The van der Waals surface area contributed by atoms with Crippen molar-refractivity contribution in [3.8, 4) is 16.5 Å². The third-order valence-corrected chi connectivity index (χ3v) is 5.55. The summed E-state index contributed by atoms with van der Waals surface area (Å²) in [6.45, 7) is 2.97. The molecule has 2 heterocycles. The predicted molar refractivity (Wildman–Crippen MR) is 115 cm³/mol. The van der Waals surface area contributed by atoms with Crippen LogP contribution < -0.4 is 10.1 Å². The normalized spacial score (nSPS) is 10.9. The van der Waals surface area contributed by atoms with Gasteiger partial charge < -0.3 is 14.5 Å². The third kappa shape index (κ3) is 4.84. The molecule has 0 bridgehead atoms. The number of aromatic nitrogens is 1. The topological polar surface area (TPSA) is 64.4 Å². The van der Waals surface area contributed by atoms with Gasteiger partial charge in [0.15, 0.2) is 10.8 Å². The van der Waals surface area contributed by atoms with Gasteiger partial charge in [-0.2, -0.15) is 0 Å². The van der Waals surface area contributed by atoms with Crippen LogP contribution in [0.2, 0.25) is 0 Å². The first-order valence-corrected chi connectivity index (χ1v) is 10.5. The van der Waals surface area contributed by atoms with E-state index in [2.05, 4.69) is 10.3 Å². The lowest BCUT2D eigenvalue weighted by atomic mass is 10.1. The Morgan fingerprint density at radius 3 is 2.72 bits per heavy atom. The number of para-hydroxylation sites is 1. The Kier molecular flexibility index (Phi) is 5.91. The van der Waals surface area contributed by atoms with Crippen LogP contribution in [-0.2, 0) is 17.8 Å². The first-order chi connectivity index (χ1) is 14.2. The maximum absolute atomic E-state index is 12.2. The minimum absolute atomic E-state index is 0.00294. The van der Waals surface area contributed by atoms with Gasteiger partial charge in [0, 0.05) is 6.42 Å². The molecule has 0 aliphatic rings. The van der Waals surface area contributed by atoms with E-state index in [-0.39, 0.29) is 5.91 Å². The molecule has 0 aliphatic heterocycles. The van der Waals surface area contributed by atoms with Crippen LogP contribution in [0.3, 0.4) is 0 Å². The summed E-state index contributed by atoms with van der Waals surface area (Å²) in [6.07, 6.45) is 1.12. The number of aryl methyl sites for hydroxylation is 1. The zero-order chi connectivity index (χ0) is 20.1. The predicted octanol–water partition coefficient (Wildman–Crippen LogP) is 5.20. The third-order valence-electron chi connectivity index (χ3n) is 4.50. The van der Waals surface area contributed by atoms with Crippen LogP contribution in [0.15, 0.2) is 65.1 Å². The lowest BCUT2D eigenvalue weighted by molar-refractivity contribution is -0.121. The monoisotopic (exact) mass is 406 g/mol. The zero-order valence-electron chi connectivity index (χ0n) is 16.2. The van der Waals surface area contributed by atoms with E-state index >= 15 is 0 Å². The van der Waals surface area contributed by atoms with Crippen LogP contribution >= 0.6 is 11.3 Å². The molecule has 0 aliphatic carbocycles. The Labute approximate surface area is 173 Å². The molecule has 6 heteroatoms. The van der Waals surface area contributed by atoms with Crippen molar-refractivity contribution in [1.29, 1.82) is 0 Å². The Hall–Kier alpha value is -3.12. The van der Waals surface area contributed by atoms with E-state index in [1.54, 1.807) is 11.3 Å². The van der Waals surface area contributed by atoms with Gasteiger partial charge in [0.25, 0.3) is 0 Å². The van der Waals surface area contributed by atoms with E-state index in [1.807, 2.05) is 67.6 Å². The van der Waals surface area contributed by atoms with Gasteiger partial charge in [-0.25, -0.2) is 4.98 Å². The highest BCUT2D eigenvalue weighted by molar-refractivity contribution is 7.21. The summed E-state index contributed by atoms with van der Waals surface area (Å²) in [6, 6.07) is 19.7. The average Bonchev–Trinajstić information content (AvgIpc) is 3.38. The molecule has 1 amide bonds. The lowest BCUT2D eigenvalue weighted by Gasteiger charge is -2.06. The molecule has 29 heavy (non-hydrogen) atoms. The van der Waals surface area contributed by atoms with Crippen molar-refractivity contribution in [1.82, 2.24) is 10.3 Å². The Morgan fingerprint density at radius 1 is 1.10 bits per heavy atom. The summed E-state index contributed by atoms with van der Waals surface area (Å²) in [5.41, 5.74) is 2.08. The number of benzene rings is 2. The number of thiazole rings is 1. The number of hydrogen-bond donors (Lipinski definition) is 1. The highest BCUT2D eigenvalue weighted by Gasteiger charge is 2.11. The minimum atomic E-state index is -0.00294. The quantitative estimate of drug-likeness (QED) is 0.437. The SMILES string of the molecule is CCOc1ccc(CCC(=O)NCc2ccc(-c3nc4ccccc4s3)o2)cc1. The standard InChI is InChI=1S/C23H22N2O3S/c1-2-27-17-10-7-16(8-11-17)9-14-22(26)24-15-18-12-13-20(28-18)23-25-19-5-3-4-6-21(19)29-23/h3-8,10-13H,2,9,14-15H2,1H3,(H,24,26). The van der Waals surface area contributed by atoms with Crippen molar-refractivity contribution >= 4 is 27.5 Å². The number of carbonyl (C=O) groups is 1. The Bertz CT molecular complexity index is 1070. The summed E-state index contributed by atoms with van der Waals surface area (Å²) in [4.78, 5) is 16.8. The fourth-order valence-electron chi connectivity index (χ4n) is 3.02. The molecule has 2 aromatic carbocycles. The van der Waals surface area contributed by atoms with Gasteiger partial charge in [0.2, 0.25) is 5.91 Å². The average molecular weight is 407 g/mol. The second-order valence-electron chi connectivity index (χ2n) is 6.61. The second kappa shape index (κ2) is 8.92. The molecule has 0 saturated carbocycles. The summed E-state index contributed by atoms with van der Waals surface area (Å²) < 4.78 is 12.4. The van der Waals surface area contributed by atoms with E-state index in [0.29, 0.717) is 31.8 Å². The van der Waals surface area contributed by atoms with Crippen molar-refractivity contribution in [2.75, 3.05) is 6.61 Å². The first-order valence-electron chi connectivity index (χ1n) is 9.64. The number of furan rings is 1. The molecule has 0 saturated heterocycles. The molecule has 4 rings (SSSR count).